The highest BCUT2D eigenvalue weighted by Gasteiger charge is 2.10. The Morgan fingerprint density at radius 1 is 1.50 bits per heavy atom. The van der Waals surface area contributed by atoms with Crippen LogP contribution in [0.15, 0.2) is 6.33 Å². The molecule has 0 N–H and O–H groups in total. The Morgan fingerprint density at radius 3 is 2.83 bits per heavy atom. The van der Waals surface area contributed by atoms with E-state index in [9.17, 15) is 0 Å². The van der Waals surface area contributed by atoms with Gasteiger partial charge in [-0.15, -0.1) is 0 Å². The zero-order chi connectivity index (χ0) is 8.97. The molecule has 0 aromatic carbocycles. The van der Waals surface area contributed by atoms with Crippen molar-refractivity contribution in [2.75, 3.05) is 13.7 Å². The van der Waals surface area contributed by atoms with Crippen LogP contribution in [0.5, 0.6) is 11.6 Å². The van der Waals surface area contributed by atoms with Crippen LogP contribution in [0.25, 0.3) is 0 Å². The van der Waals surface area contributed by atoms with Gasteiger partial charge < -0.3 is 9.47 Å². The van der Waals surface area contributed by atoms with E-state index in [-0.39, 0.29) is 5.15 Å². The van der Waals surface area contributed by atoms with Gasteiger partial charge in [-0.25, -0.2) is 4.98 Å². The number of halogens is 1. The molecule has 0 spiro atoms. The average molecular weight is 189 g/mol. The molecule has 1 aromatic heterocycles. The average Bonchev–Trinajstić information content (AvgIpc) is 2.05. The summed E-state index contributed by atoms with van der Waals surface area (Å²) in [6, 6.07) is 0. The molecule has 0 saturated heterocycles. The number of nitrogens with zero attached hydrogens (tertiary/aromatic N) is 2. The molecule has 0 saturated carbocycles. The number of ether oxygens (including phenoxy) is 2. The first kappa shape index (κ1) is 9.06. The Hall–Kier alpha value is -1.03. The Labute approximate surface area is 75.5 Å². The molecule has 0 fully saturated rings. The molecule has 5 heteroatoms. The van der Waals surface area contributed by atoms with E-state index < -0.39 is 0 Å². The summed E-state index contributed by atoms with van der Waals surface area (Å²) in [6.45, 7) is 2.37. The molecule has 12 heavy (non-hydrogen) atoms. The normalized spacial score (nSPS) is 9.58. The Morgan fingerprint density at radius 2 is 2.25 bits per heavy atom. The van der Waals surface area contributed by atoms with Crippen LogP contribution < -0.4 is 9.47 Å². The lowest BCUT2D eigenvalue weighted by atomic mass is 10.5. The first-order chi connectivity index (χ1) is 5.79. The zero-order valence-electron chi connectivity index (χ0n) is 6.87. The maximum Gasteiger partial charge on any atom is 0.261 e. The SMILES string of the molecule is CCOc1ncnc(Cl)c1OC. The lowest BCUT2D eigenvalue weighted by Crippen LogP contribution is -1.99. The summed E-state index contributed by atoms with van der Waals surface area (Å²) < 4.78 is 10.1. The van der Waals surface area contributed by atoms with Gasteiger partial charge in [0.2, 0.25) is 5.75 Å². The fraction of sp³-hybridized carbons (Fsp3) is 0.429. The van der Waals surface area contributed by atoms with Gasteiger partial charge in [0.1, 0.15) is 6.33 Å². The Kier molecular flexibility index (Phi) is 3.10. The lowest BCUT2D eigenvalue weighted by molar-refractivity contribution is 0.297. The number of hydrogen-bond donors (Lipinski definition) is 0. The Bertz CT molecular complexity index is 268. The van der Waals surface area contributed by atoms with Crippen LogP contribution in [0.2, 0.25) is 5.15 Å². The third kappa shape index (κ3) is 1.76. The molecule has 1 aromatic rings. The van der Waals surface area contributed by atoms with E-state index in [4.69, 9.17) is 21.1 Å². The van der Waals surface area contributed by atoms with Crippen molar-refractivity contribution in [1.29, 1.82) is 0 Å². The molecule has 66 valence electrons. The summed E-state index contributed by atoms with van der Waals surface area (Å²) in [5.74, 6) is 0.751. The molecule has 1 heterocycles. The third-order valence-corrected chi connectivity index (χ3v) is 1.48. The predicted molar refractivity (Wildman–Crippen MR) is 44.8 cm³/mol. The molecule has 0 atom stereocenters. The summed E-state index contributed by atoms with van der Waals surface area (Å²) >= 11 is 5.71. The third-order valence-electron chi connectivity index (χ3n) is 1.21. The second-order valence-electron chi connectivity index (χ2n) is 1.94. The molecule has 4 nitrogen and oxygen atoms in total. The zero-order valence-corrected chi connectivity index (χ0v) is 7.63. The van der Waals surface area contributed by atoms with Crippen molar-refractivity contribution >= 4 is 11.6 Å². The van der Waals surface area contributed by atoms with E-state index in [0.29, 0.717) is 18.2 Å². The fourth-order valence-corrected chi connectivity index (χ4v) is 0.950. The van der Waals surface area contributed by atoms with Gasteiger partial charge in [0.25, 0.3) is 5.88 Å². The molecule has 0 aliphatic heterocycles. The van der Waals surface area contributed by atoms with Crippen molar-refractivity contribution in [3.8, 4) is 11.6 Å². The maximum absolute atomic E-state index is 5.71. The number of rotatable bonds is 3. The van der Waals surface area contributed by atoms with Crippen LogP contribution in [0, 0.1) is 0 Å². The molecule has 0 bridgehead atoms. The van der Waals surface area contributed by atoms with E-state index in [2.05, 4.69) is 9.97 Å². The number of methoxy groups -OCH3 is 1. The van der Waals surface area contributed by atoms with E-state index in [1.165, 1.54) is 13.4 Å². The minimum atomic E-state index is 0.260. The van der Waals surface area contributed by atoms with E-state index >= 15 is 0 Å². The molecule has 0 aliphatic rings. The summed E-state index contributed by atoms with van der Waals surface area (Å²) in [4.78, 5) is 7.60. The molecule has 0 aliphatic carbocycles. The van der Waals surface area contributed by atoms with Gasteiger partial charge in [-0.2, -0.15) is 4.98 Å². The van der Waals surface area contributed by atoms with Gasteiger partial charge >= 0.3 is 0 Å². The standard InChI is InChI=1S/C7H9ClN2O2/c1-3-12-7-5(11-2)6(8)9-4-10-7/h4H,3H2,1-2H3. The molecule has 0 amide bonds. The van der Waals surface area contributed by atoms with Crippen molar-refractivity contribution in [3.63, 3.8) is 0 Å². The quantitative estimate of drug-likeness (QED) is 0.675. The van der Waals surface area contributed by atoms with Crippen LogP contribution in [0.1, 0.15) is 6.92 Å². The smallest absolute Gasteiger partial charge is 0.261 e. The van der Waals surface area contributed by atoms with E-state index in [1.54, 1.807) is 0 Å². The molecular formula is C7H9ClN2O2. The van der Waals surface area contributed by atoms with Crippen molar-refractivity contribution in [2.45, 2.75) is 6.92 Å². The summed E-state index contributed by atoms with van der Waals surface area (Å²) in [7, 11) is 1.49. The molecular weight excluding hydrogens is 180 g/mol. The van der Waals surface area contributed by atoms with Crippen molar-refractivity contribution in [3.05, 3.63) is 11.5 Å². The minimum absolute atomic E-state index is 0.260. The van der Waals surface area contributed by atoms with Gasteiger partial charge in [-0.3, -0.25) is 0 Å². The van der Waals surface area contributed by atoms with E-state index in [1.807, 2.05) is 6.92 Å². The highest BCUT2D eigenvalue weighted by atomic mass is 35.5. The van der Waals surface area contributed by atoms with Crippen LogP contribution >= 0.6 is 11.6 Å². The van der Waals surface area contributed by atoms with Crippen LogP contribution in [-0.2, 0) is 0 Å². The van der Waals surface area contributed by atoms with Gasteiger partial charge in [0, 0.05) is 0 Å². The molecule has 1 rings (SSSR count). The highest BCUT2D eigenvalue weighted by molar-refractivity contribution is 6.31. The monoisotopic (exact) mass is 188 g/mol. The van der Waals surface area contributed by atoms with Crippen LogP contribution in [0.3, 0.4) is 0 Å². The summed E-state index contributed by atoms with van der Waals surface area (Å²) in [5.41, 5.74) is 0. The van der Waals surface area contributed by atoms with Gasteiger partial charge in [0.05, 0.1) is 13.7 Å². The van der Waals surface area contributed by atoms with Gasteiger partial charge in [-0.05, 0) is 6.92 Å². The minimum Gasteiger partial charge on any atom is -0.489 e. The van der Waals surface area contributed by atoms with Crippen molar-refractivity contribution < 1.29 is 9.47 Å². The maximum atomic E-state index is 5.71. The topological polar surface area (TPSA) is 44.2 Å². The predicted octanol–water partition coefficient (Wildman–Crippen LogP) is 1.54. The molecule has 0 unspecified atom stereocenters. The summed E-state index contributed by atoms with van der Waals surface area (Å²) in [6.07, 6.45) is 1.33. The van der Waals surface area contributed by atoms with Crippen molar-refractivity contribution in [2.24, 2.45) is 0 Å². The van der Waals surface area contributed by atoms with Crippen LogP contribution in [0.4, 0.5) is 0 Å². The first-order valence-electron chi connectivity index (χ1n) is 3.46. The fourth-order valence-electron chi connectivity index (χ4n) is 0.749. The largest absolute Gasteiger partial charge is 0.489 e. The molecule has 0 radical (unpaired) electrons. The Balaban J connectivity index is 3.00. The van der Waals surface area contributed by atoms with Crippen LogP contribution in [-0.4, -0.2) is 23.7 Å². The highest BCUT2D eigenvalue weighted by Crippen LogP contribution is 2.29. The number of aromatic nitrogens is 2. The van der Waals surface area contributed by atoms with Crippen molar-refractivity contribution in [1.82, 2.24) is 9.97 Å². The van der Waals surface area contributed by atoms with Gasteiger partial charge in [-0.1, -0.05) is 11.6 Å². The second kappa shape index (κ2) is 4.11. The second-order valence-corrected chi connectivity index (χ2v) is 2.29. The lowest BCUT2D eigenvalue weighted by Gasteiger charge is -2.07. The number of hydrogen-bond acceptors (Lipinski definition) is 4. The first-order valence-corrected chi connectivity index (χ1v) is 3.84. The summed E-state index contributed by atoms with van der Waals surface area (Å²) in [5, 5.41) is 0.260. The van der Waals surface area contributed by atoms with E-state index in [0.717, 1.165) is 0 Å². The van der Waals surface area contributed by atoms with Gasteiger partial charge in [0.15, 0.2) is 5.15 Å².